The van der Waals surface area contributed by atoms with E-state index in [0.29, 0.717) is 13.2 Å². The second-order valence-electron chi connectivity index (χ2n) is 5.84. The van der Waals surface area contributed by atoms with E-state index >= 15 is 0 Å². The minimum Gasteiger partial charge on any atom is -0.494 e. The summed E-state index contributed by atoms with van der Waals surface area (Å²) < 4.78 is 5.40. The lowest BCUT2D eigenvalue weighted by Crippen LogP contribution is -2.40. The minimum atomic E-state index is -0.274. The summed E-state index contributed by atoms with van der Waals surface area (Å²) >= 11 is 0. The molecule has 2 amide bonds. The quantitative estimate of drug-likeness (QED) is 0.756. The van der Waals surface area contributed by atoms with E-state index in [4.69, 9.17) is 4.74 Å². The predicted octanol–water partition coefficient (Wildman–Crippen LogP) is 2.61. The molecule has 1 saturated carbocycles. The fourth-order valence-corrected chi connectivity index (χ4v) is 2.83. The van der Waals surface area contributed by atoms with Crippen molar-refractivity contribution in [1.82, 2.24) is 10.6 Å². The summed E-state index contributed by atoms with van der Waals surface area (Å²) in [6.07, 6.45) is 2.59. The first-order valence-corrected chi connectivity index (χ1v) is 8.05. The Hall–Kier alpha value is -1.75. The number of aliphatic hydroxyl groups excluding tert-OH is 1. The van der Waals surface area contributed by atoms with E-state index in [1.54, 1.807) is 0 Å². The third kappa shape index (κ3) is 4.63. The zero-order chi connectivity index (χ0) is 15.9. The molecule has 1 aromatic rings. The van der Waals surface area contributed by atoms with Crippen LogP contribution in [0.25, 0.3) is 0 Å². The Bertz CT molecular complexity index is 475. The number of hydrogen-bond donors (Lipinski definition) is 3. The molecule has 1 aromatic carbocycles. The first kappa shape index (κ1) is 16.6. The van der Waals surface area contributed by atoms with Crippen LogP contribution < -0.4 is 15.4 Å². The first-order chi connectivity index (χ1) is 10.6. The van der Waals surface area contributed by atoms with Crippen molar-refractivity contribution in [3.05, 3.63) is 29.8 Å². The molecule has 0 radical (unpaired) electrons. The molecule has 0 aliphatic heterocycles. The van der Waals surface area contributed by atoms with Gasteiger partial charge in [0.15, 0.2) is 0 Å². The average Bonchev–Trinajstić information content (AvgIpc) is 2.91. The summed E-state index contributed by atoms with van der Waals surface area (Å²) in [5.74, 6) is 1.02. The van der Waals surface area contributed by atoms with Crippen LogP contribution in [0.5, 0.6) is 5.75 Å². The number of benzene rings is 1. The number of carbonyl (C=O) groups is 1. The van der Waals surface area contributed by atoms with Crippen molar-refractivity contribution < 1.29 is 14.6 Å². The molecule has 0 spiro atoms. The van der Waals surface area contributed by atoms with Gasteiger partial charge in [-0.1, -0.05) is 18.6 Å². The predicted molar refractivity (Wildman–Crippen MR) is 85.9 cm³/mol. The highest BCUT2D eigenvalue weighted by Gasteiger charge is 2.25. The van der Waals surface area contributed by atoms with Crippen LogP contribution in [-0.4, -0.2) is 30.4 Å². The largest absolute Gasteiger partial charge is 0.494 e. The first-order valence-electron chi connectivity index (χ1n) is 8.05. The molecule has 0 aromatic heterocycles. The Morgan fingerprint density at radius 3 is 2.68 bits per heavy atom. The normalized spacial score (nSPS) is 22.1. The van der Waals surface area contributed by atoms with Crippen molar-refractivity contribution in [1.29, 1.82) is 0 Å². The Kier molecular flexibility index (Phi) is 6.07. The van der Waals surface area contributed by atoms with Crippen molar-refractivity contribution in [3.63, 3.8) is 0 Å². The van der Waals surface area contributed by atoms with Gasteiger partial charge in [0.2, 0.25) is 0 Å². The average molecular weight is 306 g/mol. The van der Waals surface area contributed by atoms with Gasteiger partial charge in [0.05, 0.1) is 18.8 Å². The highest BCUT2D eigenvalue weighted by molar-refractivity contribution is 5.74. The van der Waals surface area contributed by atoms with E-state index in [1.165, 1.54) is 0 Å². The van der Waals surface area contributed by atoms with Crippen LogP contribution in [0.1, 0.15) is 44.7 Å². The molecular formula is C17H26N2O3. The van der Waals surface area contributed by atoms with Gasteiger partial charge in [0.25, 0.3) is 0 Å². The third-order valence-corrected chi connectivity index (χ3v) is 4.18. The number of carbonyl (C=O) groups excluding carboxylic acids is 1. The van der Waals surface area contributed by atoms with Crippen molar-refractivity contribution in [2.24, 2.45) is 5.92 Å². The van der Waals surface area contributed by atoms with Gasteiger partial charge in [-0.3, -0.25) is 0 Å². The number of rotatable bonds is 6. The van der Waals surface area contributed by atoms with Crippen LogP contribution in [0.2, 0.25) is 0 Å². The molecule has 2 rings (SSSR count). The summed E-state index contributed by atoms with van der Waals surface area (Å²) in [6.45, 7) is 5.06. The molecule has 0 bridgehead atoms. The van der Waals surface area contributed by atoms with Crippen LogP contribution in [0.15, 0.2) is 24.3 Å². The Balaban J connectivity index is 1.77. The molecule has 5 heteroatoms. The summed E-state index contributed by atoms with van der Waals surface area (Å²) in [5, 5.41) is 15.5. The summed E-state index contributed by atoms with van der Waals surface area (Å²) in [7, 11) is 0. The number of amides is 2. The topological polar surface area (TPSA) is 70.6 Å². The Morgan fingerprint density at radius 1 is 1.36 bits per heavy atom. The number of hydrogen-bond acceptors (Lipinski definition) is 3. The molecule has 0 unspecified atom stereocenters. The monoisotopic (exact) mass is 306 g/mol. The van der Waals surface area contributed by atoms with Crippen molar-refractivity contribution >= 4 is 6.03 Å². The standard InChI is InChI=1S/C17H26N2O3/c1-3-22-15-9-7-13(8-10-15)12(2)19-17(21)18-11-14-5-4-6-16(14)20/h7-10,12,14,16,20H,3-6,11H2,1-2H3,(H2,18,19,21)/t12-,14-,16+/m0/s1. The SMILES string of the molecule is CCOc1ccc([C@H](C)NC(=O)NC[C@@H]2CCC[C@H]2O)cc1. The fourth-order valence-electron chi connectivity index (χ4n) is 2.83. The molecule has 0 heterocycles. The second-order valence-corrected chi connectivity index (χ2v) is 5.84. The molecule has 1 aliphatic carbocycles. The van der Waals surface area contributed by atoms with Gasteiger partial charge in [0.1, 0.15) is 5.75 Å². The molecule has 5 nitrogen and oxygen atoms in total. The van der Waals surface area contributed by atoms with Crippen LogP contribution in [0.3, 0.4) is 0 Å². The maximum Gasteiger partial charge on any atom is 0.315 e. The lowest BCUT2D eigenvalue weighted by Gasteiger charge is -2.18. The minimum absolute atomic E-state index is 0.0795. The van der Waals surface area contributed by atoms with Crippen LogP contribution in [0.4, 0.5) is 4.79 Å². The van der Waals surface area contributed by atoms with E-state index in [9.17, 15) is 9.90 Å². The van der Waals surface area contributed by atoms with Gasteiger partial charge >= 0.3 is 6.03 Å². The summed E-state index contributed by atoms with van der Waals surface area (Å²) in [4.78, 5) is 11.9. The van der Waals surface area contributed by atoms with Crippen molar-refractivity contribution in [2.45, 2.75) is 45.3 Å². The lowest BCUT2D eigenvalue weighted by atomic mass is 10.1. The van der Waals surface area contributed by atoms with Crippen LogP contribution >= 0.6 is 0 Å². The van der Waals surface area contributed by atoms with Crippen molar-refractivity contribution in [3.8, 4) is 5.75 Å². The molecule has 1 aliphatic rings. The molecular weight excluding hydrogens is 280 g/mol. The van der Waals surface area contributed by atoms with Gasteiger partial charge in [-0.15, -0.1) is 0 Å². The number of ether oxygens (including phenoxy) is 1. The summed E-state index contributed by atoms with van der Waals surface area (Å²) in [5.41, 5.74) is 1.03. The van der Waals surface area contributed by atoms with Crippen LogP contribution in [-0.2, 0) is 0 Å². The molecule has 122 valence electrons. The molecule has 22 heavy (non-hydrogen) atoms. The molecule has 3 atom stereocenters. The number of nitrogens with one attached hydrogen (secondary N) is 2. The maximum atomic E-state index is 11.9. The number of aliphatic hydroxyl groups is 1. The highest BCUT2D eigenvalue weighted by Crippen LogP contribution is 2.24. The second kappa shape index (κ2) is 8.03. The van der Waals surface area contributed by atoms with E-state index in [1.807, 2.05) is 38.1 Å². The zero-order valence-electron chi connectivity index (χ0n) is 13.3. The van der Waals surface area contributed by atoms with E-state index in [-0.39, 0.29) is 24.1 Å². The number of urea groups is 1. The van der Waals surface area contributed by atoms with Gasteiger partial charge in [-0.05, 0) is 44.4 Å². The molecule has 0 saturated heterocycles. The van der Waals surface area contributed by atoms with Gasteiger partial charge in [0, 0.05) is 12.5 Å². The summed E-state index contributed by atoms with van der Waals surface area (Å²) in [6, 6.07) is 7.45. The molecule has 1 fully saturated rings. The van der Waals surface area contributed by atoms with Crippen molar-refractivity contribution in [2.75, 3.05) is 13.2 Å². The maximum absolute atomic E-state index is 11.9. The zero-order valence-corrected chi connectivity index (χ0v) is 13.3. The Morgan fingerprint density at radius 2 is 2.09 bits per heavy atom. The smallest absolute Gasteiger partial charge is 0.315 e. The molecule has 3 N–H and O–H groups in total. The lowest BCUT2D eigenvalue weighted by molar-refractivity contribution is 0.132. The fraction of sp³-hybridized carbons (Fsp3) is 0.588. The van der Waals surface area contributed by atoms with E-state index < -0.39 is 0 Å². The third-order valence-electron chi connectivity index (χ3n) is 4.18. The Labute approximate surface area is 132 Å². The van der Waals surface area contributed by atoms with E-state index in [2.05, 4.69) is 10.6 Å². The van der Waals surface area contributed by atoms with Gasteiger partial charge < -0.3 is 20.5 Å². The van der Waals surface area contributed by atoms with Crippen LogP contribution in [0, 0.1) is 5.92 Å². The highest BCUT2D eigenvalue weighted by atomic mass is 16.5. The van der Waals surface area contributed by atoms with E-state index in [0.717, 1.165) is 30.6 Å². The van der Waals surface area contributed by atoms with Gasteiger partial charge in [-0.25, -0.2) is 4.79 Å². The van der Waals surface area contributed by atoms with Gasteiger partial charge in [-0.2, -0.15) is 0 Å².